The van der Waals surface area contributed by atoms with E-state index in [-0.39, 0.29) is 16.8 Å². The van der Waals surface area contributed by atoms with Gasteiger partial charge in [0.1, 0.15) is 0 Å². The van der Waals surface area contributed by atoms with Gasteiger partial charge in [-0.25, -0.2) is 0 Å². The molecule has 34 heavy (non-hydrogen) atoms. The van der Waals surface area contributed by atoms with Crippen molar-refractivity contribution < 1.29 is 15.0 Å². The van der Waals surface area contributed by atoms with E-state index in [2.05, 4.69) is 25.7 Å². The molecule has 2 fully saturated rings. The Labute approximate surface area is 197 Å². The number of aliphatic hydroxyl groups excluding tert-OH is 1. The van der Waals surface area contributed by atoms with Crippen LogP contribution >= 0.6 is 0 Å². The third-order valence-electron chi connectivity index (χ3n) is 8.79. The molecule has 1 saturated heterocycles. The summed E-state index contributed by atoms with van der Waals surface area (Å²) in [6, 6.07) is 9.10. The van der Waals surface area contributed by atoms with Gasteiger partial charge in [0.25, 0.3) is 11.4 Å². The lowest BCUT2D eigenvalue weighted by Crippen LogP contribution is -2.53. The first kappa shape index (κ1) is 22.7. The highest BCUT2D eigenvalue weighted by Gasteiger charge is 2.55. The Morgan fingerprint density at radius 3 is 2.06 bits per heavy atom. The monoisotopic (exact) mass is 466 g/mol. The van der Waals surface area contributed by atoms with Crippen LogP contribution in [0.3, 0.4) is 0 Å². The Balaban J connectivity index is 1.47. The predicted molar refractivity (Wildman–Crippen MR) is 130 cm³/mol. The van der Waals surface area contributed by atoms with Crippen LogP contribution in [0.1, 0.15) is 33.6 Å². The molecule has 1 saturated carbocycles. The number of non-ortho nitro benzene ring substituents is 2. The highest BCUT2D eigenvalue weighted by atomic mass is 16.6. The minimum Gasteiger partial charge on any atom is -0.390 e. The highest BCUT2D eigenvalue weighted by molar-refractivity contribution is 6.09. The fraction of sp³-hybridized carbons (Fsp3) is 0.520. The molecule has 9 nitrogen and oxygen atoms in total. The van der Waals surface area contributed by atoms with Gasteiger partial charge in [-0.15, -0.1) is 0 Å². The van der Waals surface area contributed by atoms with E-state index < -0.39 is 16.0 Å². The van der Waals surface area contributed by atoms with Gasteiger partial charge < -0.3 is 9.67 Å². The molecule has 1 aliphatic heterocycles. The van der Waals surface area contributed by atoms with Crippen molar-refractivity contribution >= 4 is 33.2 Å². The van der Waals surface area contributed by atoms with Crippen LogP contribution in [0.25, 0.3) is 21.8 Å². The number of rotatable bonds is 6. The van der Waals surface area contributed by atoms with Crippen LogP contribution in [-0.4, -0.2) is 50.2 Å². The van der Waals surface area contributed by atoms with Gasteiger partial charge in [0.05, 0.1) is 22.5 Å². The summed E-state index contributed by atoms with van der Waals surface area (Å²) in [6.07, 6.45) is 1.79. The van der Waals surface area contributed by atoms with Crippen molar-refractivity contribution in [3.8, 4) is 0 Å². The number of nitrogens with zero attached hydrogens (tertiary/aromatic N) is 4. The minimum absolute atomic E-state index is 0.0711. The van der Waals surface area contributed by atoms with Crippen LogP contribution < -0.4 is 0 Å². The average molecular weight is 467 g/mol. The molecule has 0 amide bonds. The maximum Gasteiger partial charge on any atom is 0.270 e. The average Bonchev–Trinajstić information content (AvgIpc) is 3.09. The number of nitro groups is 2. The summed E-state index contributed by atoms with van der Waals surface area (Å²) in [7, 11) is 0. The third kappa shape index (κ3) is 3.45. The second-order valence-electron chi connectivity index (χ2n) is 10.9. The summed E-state index contributed by atoms with van der Waals surface area (Å²) in [5.41, 5.74) is 1.82. The molecule has 2 aliphatic rings. The Morgan fingerprint density at radius 1 is 1.00 bits per heavy atom. The van der Waals surface area contributed by atoms with E-state index in [9.17, 15) is 25.3 Å². The normalized spacial score (nSPS) is 25.1. The number of nitro benzene ring substituents is 2. The van der Waals surface area contributed by atoms with Crippen molar-refractivity contribution in [1.82, 2.24) is 9.47 Å². The van der Waals surface area contributed by atoms with E-state index in [1.165, 1.54) is 37.1 Å². The smallest absolute Gasteiger partial charge is 0.270 e. The molecule has 2 bridgehead atoms. The second-order valence-corrected chi connectivity index (χ2v) is 10.9. The highest BCUT2D eigenvalue weighted by Crippen LogP contribution is 2.58. The van der Waals surface area contributed by atoms with Gasteiger partial charge in [0.2, 0.25) is 0 Å². The summed E-state index contributed by atoms with van der Waals surface area (Å²) in [6.45, 7) is 9.88. The largest absolute Gasteiger partial charge is 0.390 e. The number of hydrogen-bond acceptors (Lipinski definition) is 6. The van der Waals surface area contributed by atoms with Crippen molar-refractivity contribution in [1.29, 1.82) is 0 Å². The maximum atomic E-state index is 11.3. The van der Waals surface area contributed by atoms with Gasteiger partial charge in [-0.1, -0.05) is 20.8 Å². The van der Waals surface area contributed by atoms with Gasteiger partial charge in [0, 0.05) is 65.7 Å². The Hall–Kier alpha value is -3.04. The van der Waals surface area contributed by atoms with Gasteiger partial charge >= 0.3 is 0 Å². The fourth-order valence-corrected chi connectivity index (χ4v) is 6.35. The minimum atomic E-state index is -0.645. The summed E-state index contributed by atoms with van der Waals surface area (Å²) in [5, 5.41) is 34.9. The second kappa shape index (κ2) is 7.74. The van der Waals surface area contributed by atoms with E-state index in [1.807, 2.05) is 4.57 Å². The van der Waals surface area contributed by atoms with E-state index in [4.69, 9.17) is 0 Å². The van der Waals surface area contributed by atoms with Gasteiger partial charge in [0.15, 0.2) is 0 Å². The number of benzene rings is 2. The summed E-state index contributed by atoms with van der Waals surface area (Å²) in [4.78, 5) is 24.1. The number of hydrogen-bond donors (Lipinski definition) is 1. The number of fused-ring (bicyclic) bond motifs is 5. The molecule has 3 unspecified atom stereocenters. The zero-order valence-electron chi connectivity index (χ0n) is 19.7. The fourth-order valence-electron chi connectivity index (χ4n) is 6.35. The molecule has 1 aliphatic carbocycles. The molecule has 5 rings (SSSR count). The number of likely N-dealkylation sites (tertiary alicyclic amines) is 1. The predicted octanol–water partition coefficient (Wildman–Crippen LogP) is 4.73. The first-order valence-corrected chi connectivity index (χ1v) is 11.8. The van der Waals surface area contributed by atoms with Crippen molar-refractivity contribution in [3.05, 3.63) is 56.6 Å². The lowest BCUT2D eigenvalue weighted by molar-refractivity contribution is -0.385. The standard InChI is InChI=1S/C25H30N4O5/c1-24(2)16-8-9-25(24,3)15-26(12-16)13-19(30)14-27-22-6-4-17(28(31)32)10-20(22)21-11-18(29(33)34)5-7-23(21)27/h4-7,10-11,16,19,30H,8-9,12-15H2,1-3H3. The topological polar surface area (TPSA) is 115 Å². The van der Waals surface area contributed by atoms with Crippen LogP contribution in [0.15, 0.2) is 36.4 Å². The van der Waals surface area contributed by atoms with Crippen molar-refractivity contribution in [2.24, 2.45) is 16.7 Å². The van der Waals surface area contributed by atoms with Crippen LogP contribution in [0.5, 0.6) is 0 Å². The van der Waals surface area contributed by atoms with E-state index in [0.29, 0.717) is 46.2 Å². The van der Waals surface area contributed by atoms with Crippen LogP contribution in [0.2, 0.25) is 0 Å². The number of aromatic nitrogens is 1. The first-order valence-electron chi connectivity index (χ1n) is 11.8. The van der Waals surface area contributed by atoms with Gasteiger partial charge in [-0.2, -0.15) is 0 Å². The lowest BCUT2D eigenvalue weighted by Gasteiger charge is -2.50. The van der Waals surface area contributed by atoms with Crippen LogP contribution in [0, 0.1) is 37.0 Å². The first-order chi connectivity index (χ1) is 16.0. The zero-order valence-corrected chi connectivity index (χ0v) is 19.7. The molecular weight excluding hydrogens is 436 g/mol. The van der Waals surface area contributed by atoms with Crippen LogP contribution in [0.4, 0.5) is 11.4 Å². The number of piperidine rings is 1. The van der Waals surface area contributed by atoms with Gasteiger partial charge in [-0.05, 0) is 41.7 Å². The molecule has 3 aromatic rings. The summed E-state index contributed by atoms with van der Waals surface area (Å²) < 4.78 is 1.92. The van der Waals surface area contributed by atoms with Crippen molar-refractivity contribution in [3.63, 3.8) is 0 Å². The molecule has 9 heteroatoms. The summed E-state index contributed by atoms with van der Waals surface area (Å²) in [5.74, 6) is 0.618. The molecule has 180 valence electrons. The molecule has 1 N–H and O–H groups in total. The van der Waals surface area contributed by atoms with E-state index in [1.54, 1.807) is 12.1 Å². The maximum absolute atomic E-state index is 11.3. The molecule has 0 spiro atoms. The molecule has 2 aromatic carbocycles. The SMILES string of the molecule is CC12CCC(CN(CC(O)Cn3c4ccc([N+](=O)[O-])cc4c4cc([N+](=O)[O-])ccc43)C1)C2(C)C. The number of aliphatic hydroxyl groups is 1. The van der Waals surface area contributed by atoms with Crippen molar-refractivity contribution in [2.45, 2.75) is 46.3 Å². The molecule has 2 heterocycles. The molecule has 3 atom stereocenters. The Morgan fingerprint density at radius 2 is 1.56 bits per heavy atom. The summed E-state index contributed by atoms with van der Waals surface area (Å²) >= 11 is 0. The molecular formula is C25H30N4O5. The lowest BCUT2D eigenvalue weighted by atomic mass is 9.63. The number of β-amino-alcohol motifs (C(OH)–C–C–N with tert-alkyl or cyclic N) is 1. The molecule has 1 aromatic heterocycles. The van der Waals surface area contributed by atoms with E-state index >= 15 is 0 Å². The zero-order chi connectivity index (χ0) is 24.4. The van der Waals surface area contributed by atoms with Crippen LogP contribution in [-0.2, 0) is 6.54 Å². The Kier molecular flexibility index (Phi) is 5.18. The molecule has 0 radical (unpaired) electrons. The quantitative estimate of drug-likeness (QED) is 0.415. The third-order valence-corrected chi connectivity index (χ3v) is 8.79. The van der Waals surface area contributed by atoms with Crippen molar-refractivity contribution in [2.75, 3.05) is 19.6 Å². The van der Waals surface area contributed by atoms with E-state index in [0.717, 1.165) is 13.1 Å². The Bertz CT molecular complexity index is 1240. The van der Waals surface area contributed by atoms with Gasteiger partial charge in [-0.3, -0.25) is 25.1 Å².